The first kappa shape index (κ1) is 23.1. The molecule has 0 aromatic heterocycles. The van der Waals surface area contributed by atoms with Crippen molar-refractivity contribution < 1.29 is 9.59 Å². The van der Waals surface area contributed by atoms with Crippen molar-refractivity contribution in [1.82, 2.24) is 0 Å². The van der Waals surface area contributed by atoms with E-state index in [1.807, 2.05) is 24.3 Å². The van der Waals surface area contributed by atoms with Gasteiger partial charge in [-0.25, -0.2) is 0 Å². The van der Waals surface area contributed by atoms with Crippen molar-refractivity contribution in [3.8, 4) is 0 Å². The molecular weight excluding hydrogens is 512 g/mol. The van der Waals surface area contributed by atoms with E-state index in [-0.39, 0.29) is 11.6 Å². The normalized spacial score (nSPS) is 12.0. The zero-order chi connectivity index (χ0) is 27.9. The van der Waals surface area contributed by atoms with E-state index in [2.05, 4.69) is 84.9 Å². The Morgan fingerprint density at radius 2 is 0.619 bits per heavy atom. The molecule has 9 rings (SSSR count). The van der Waals surface area contributed by atoms with Crippen molar-refractivity contribution in [2.75, 3.05) is 0 Å². The first-order chi connectivity index (χ1) is 20.7. The Hall–Kier alpha value is -5.60. The van der Waals surface area contributed by atoms with Gasteiger partial charge >= 0.3 is 0 Å². The first-order valence-electron chi connectivity index (χ1n) is 14.2. The number of benzene rings is 9. The van der Waals surface area contributed by atoms with Crippen LogP contribution < -0.4 is 0 Å². The Kier molecular flexibility index (Phi) is 4.66. The zero-order valence-corrected chi connectivity index (χ0v) is 22.5. The van der Waals surface area contributed by atoms with Crippen LogP contribution in [0, 0.1) is 0 Å². The zero-order valence-electron chi connectivity index (χ0n) is 22.5. The predicted molar refractivity (Wildman–Crippen MR) is 174 cm³/mol. The van der Waals surface area contributed by atoms with Crippen molar-refractivity contribution >= 4 is 76.2 Å². The van der Waals surface area contributed by atoms with E-state index in [1.165, 1.54) is 32.3 Å². The third-order valence-electron chi connectivity index (χ3n) is 8.96. The van der Waals surface area contributed by atoms with Crippen LogP contribution in [0.3, 0.4) is 0 Å². The third-order valence-corrected chi connectivity index (χ3v) is 8.96. The maximum atomic E-state index is 13.8. The minimum absolute atomic E-state index is 0.0466. The van der Waals surface area contributed by atoms with Crippen molar-refractivity contribution in [1.29, 1.82) is 0 Å². The minimum Gasteiger partial charge on any atom is -0.289 e. The molecule has 9 aromatic carbocycles. The standard InChI is InChI=1S/C40H22O2/c41-39(33-21-17-27-9-7-23-3-1-5-25-15-19-31(33)37(27)35(23)25)29-11-13-30(14-12-29)40(42)34-22-18-28-10-8-24-4-2-6-26-16-20-32(34)38(28)36(24)26/h1-22H. The van der Waals surface area contributed by atoms with Crippen LogP contribution in [0.2, 0.25) is 0 Å². The number of ketones is 2. The van der Waals surface area contributed by atoms with Gasteiger partial charge in [0.05, 0.1) is 0 Å². The second-order valence-corrected chi connectivity index (χ2v) is 11.2. The summed E-state index contributed by atoms with van der Waals surface area (Å²) in [6, 6.07) is 44.5. The molecule has 0 heterocycles. The summed E-state index contributed by atoms with van der Waals surface area (Å²) in [5.74, 6) is -0.0932. The molecule has 0 aliphatic heterocycles. The van der Waals surface area contributed by atoms with E-state index in [0.29, 0.717) is 22.3 Å². The monoisotopic (exact) mass is 534 g/mol. The van der Waals surface area contributed by atoms with Crippen molar-refractivity contribution in [2.24, 2.45) is 0 Å². The fourth-order valence-electron chi connectivity index (χ4n) is 6.95. The molecule has 194 valence electrons. The first-order valence-corrected chi connectivity index (χ1v) is 14.2. The summed E-state index contributed by atoms with van der Waals surface area (Å²) in [7, 11) is 0. The molecule has 2 heteroatoms. The van der Waals surface area contributed by atoms with Crippen LogP contribution in [0.15, 0.2) is 133 Å². The average molecular weight is 535 g/mol. The lowest BCUT2D eigenvalue weighted by molar-refractivity contribution is 0.102. The molecule has 42 heavy (non-hydrogen) atoms. The Bertz CT molecular complexity index is 2330. The van der Waals surface area contributed by atoms with Gasteiger partial charge in [0.1, 0.15) is 0 Å². The van der Waals surface area contributed by atoms with Crippen LogP contribution in [0.25, 0.3) is 64.6 Å². The molecule has 0 aliphatic carbocycles. The molecule has 0 N–H and O–H groups in total. The molecular formula is C40H22O2. The smallest absolute Gasteiger partial charge is 0.193 e. The summed E-state index contributed by atoms with van der Waals surface area (Å²) in [5, 5.41) is 13.5. The number of carbonyl (C=O) groups is 2. The summed E-state index contributed by atoms with van der Waals surface area (Å²) < 4.78 is 0. The van der Waals surface area contributed by atoms with Gasteiger partial charge in [0.15, 0.2) is 11.6 Å². The lowest BCUT2D eigenvalue weighted by Crippen LogP contribution is -2.06. The molecule has 0 amide bonds. The SMILES string of the molecule is O=C(c1ccc(C(=O)c2ccc3ccc4cccc5ccc2c3c45)cc1)c1ccc2ccc3cccc4ccc1c2c34. The summed E-state index contributed by atoms with van der Waals surface area (Å²) in [6.07, 6.45) is 0. The molecule has 0 atom stereocenters. The highest BCUT2D eigenvalue weighted by Gasteiger charge is 2.19. The van der Waals surface area contributed by atoms with Crippen LogP contribution in [-0.2, 0) is 0 Å². The van der Waals surface area contributed by atoms with Gasteiger partial charge in [0, 0.05) is 22.3 Å². The lowest BCUT2D eigenvalue weighted by atomic mass is 9.88. The molecule has 0 bridgehead atoms. The van der Waals surface area contributed by atoms with Crippen LogP contribution in [0.1, 0.15) is 31.8 Å². The largest absolute Gasteiger partial charge is 0.289 e. The Labute approximate surface area is 241 Å². The molecule has 2 nitrogen and oxygen atoms in total. The third kappa shape index (κ3) is 3.15. The maximum Gasteiger partial charge on any atom is 0.193 e. The topological polar surface area (TPSA) is 34.1 Å². The molecule has 9 aromatic rings. The Morgan fingerprint density at radius 1 is 0.310 bits per heavy atom. The van der Waals surface area contributed by atoms with Crippen molar-refractivity contribution in [2.45, 2.75) is 0 Å². The van der Waals surface area contributed by atoms with Crippen molar-refractivity contribution in [3.63, 3.8) is 0 Å². The van der Waals surface area contributed by atoms with Crippen LogP contribution in [-0.4, -0.2) is 11.6 Å². The van der Waals surface area contributed by atoms with Crippen LogP contribution in [0.5, 0.6) is 0 Å². The van der Waals surface area contributed by atoms with E-state index in [0.717, 1.165) is 32.3 Å². The van der Waals surface area contributed by atoms with Gasteiger partial charge in [-0.1, -0.05) is 121 Å². The predicted octanol–water partition coefficient (Wildman–Crippen LogP) is 9.94. The number of rotatable bonds is 4. The van der Waals surface area contributed by atoms with Gasteiger partial charge in [-0.3, -0.25) is 9.59 Å². The Balaban J connectivity index is 1.12. The van der Waals surface area contributed by atoms with E-state index in [9.17, 15) is 9.59 Å². The van der Waals surface area contributed by atoms with Crippen LogP contribution in [0.4, 0.5) is 0 Å². The summed E-state index contributed by atoms with van der Waals surface area (Å²) in [4.78, 5) is 27.7. The van der Waals surface area contributed by atoms with Crippen LogP contribution >= 0.6 is 0 Å². The second-order valence-electron chi connectivity index (χ2n) is 11.2. The summed E-state index contributed by atoms with van der Waals surface area (Å²) >= 11 is 0. The van der Waals surface area contributed by atoms with Gasteiger partial charge < -0.3 is 0 Å². The minimum atomic E-state index is -0.0466. The number of carbonyl (C=O) groups excluding carboxylic acids is 2. The van der Waals surface area contributed by atoms with Crippen molar-refractivity contribution in [3.05, 3.63) is 156 Å². The van der Waals surface area contributed by atoms with Gasteiger partial charge in [-0.15, -0.1) is 0 Å². The van der Waals surface area contributed by atoms with E-state index in [4.69, 9.17) is 0 Å². The Morgan fingerprint density at radius 3 is 1.00 bits per heavy atom. The molecule has 0 spiro atoms. The fraction of sp³-hybridized carbons (Fsp3) is 0. The molecule has 0 radical (unpaired) electrons. The highest BCUT2D eigenvalue weighted by Crippen LogP contribution is 2.38. The quantitative estimate of drug-likeness (QED) is 0.166. The molecule has 0 fully saturated rings. The lowest BCUT2D eigenvalue weighted by Gasteiger charge is -2.14. The van der Waals surface area contributed by atoms with Gasteiger partial charge in [0.2, 0.25) is 0 Å². The van der Waals surface area contributed by atoms with E-state index in [1.54, 1.807) is 24.3 Å². The highest BCUT2D eigenvalue weighted by atomic mass is 16.1. The van der Waals surface area contributed by atoms with E-state index >= 15 is 0 Å². The van der Waals surface area contributed by atoms with Gasteiger partial charge in [-0.05, 0) is 76.8 Å². The summed E-state index contributed by atoms with van der Waals surface area (Å²) in [6.45, 7) is 0. The van der Waals surface area contributed by atoms with Gasteiger partial charge in [0.25, 0.3) is 0 Å². The molecule has 0 aliphatic rings. The molecule has 0 unspecified atom stereocenters. The second kappa shape index (κ2) is 8.45. The number of hydrogen-bond donors (Lipinski definition) is 0. The maximum absolute atomic E-state index is 13.8. The molecule has 0 saturated carbocycles. The molecule has 0 saturated heterocycles. The fourth-order valence-corrected chi connectivity index (χ4v) is 6.95. The number of hydrogen-bond acceptors (Lipinski definition) is 2. The van der Waals surface area contributed by atoms with Gasteiger partial charge in [-0.2, -0.15) is 0 Å². The van der Waals surface area contributed by atoms with E-state index < -0.39 is 0 Å². The average Bonchev–Trinajstić information content (AvgIpc) is 3.05. The summed E-state index contributed by atoms with van der Waals surface area (Å²) in [5.41, 5.74) is 2.48. The highest BCUT2D eigenvalue weighted by molar-refractivity contribution is 6.30.